The fourth-order valence-electron chi connectivity index (χ4n) is 1.81. The molecule has 0 heterocycles. The number of aromatic carboxylic acids is 2. The largest absolute Gasteiger partial charge is 0.478 e. The molecule has 0 aliphatic carbocycles. The Morgan fingerprint density at radius 3 is 2.32 bits per heavy atom. The summed E-state index contributed by atoms with van der Waals surface area (Å²) < 4.78 is 0. The first-order valence-corrected chi connectivity index (χ1v) is 5.16. The molecule has 6 heteroatoms. The molecule has 0 amide bonds. The molecule has 0 saturated carbocycles. The van der Waals surface area contributed by atoms with Gasteiger partial charge in [-0.2, -0.15) is 4.99 Å². The molecule has 0 aromatic heterocycles. The summed E-state index contributed by atoms with van der Waals surface area (Å²) in [4.78, 5) is 35.7. The third-order valence-electron chi connectivity index (χ3n) is 2.62. The van der Waals surface area contributed by atoms with Crippen LogP contribution in [-0.2, 0) is 4.79 Å². The highest BCUT2D eigenvalue weighted by molar-refractivity contribution is 6.08. The van der Waals surface area contributed by atoms with Crippen LogP contribution in [0.25, 0.3) is 10.8 Å². The molecule has 2 N–H and O–H groups in total. The van der Waals surface area contributed by atoms with Crippen LogP contribution >= 0.6 is 0 Å². The number of carboxylic acid groups (broad SMARTS) is 2. The summed E-state index contributed by atoms with van der Waals surface area (Å²) >= 11 is 0. The molecule has 0 bridgehead atoms. The molecule has 2 aromatic rings. The van der Waals surface area contributed by atoms with E-state index in [1.54, 1.807) is 6.07 Å². The number of hydrogen-bond donors (Lipinski definition) is 2. The van der Waals surface area contributed by atoms with Gasteiger partial charge in [0.25, 0.3) is 0 Å². The van der Waals surface area contributed by atoms with Crippen molar-refractivity contribution in [2.45, 2.75) is 0 Å². The predicted molar refractivity (Wildman–Crippen MR) is 65.6 cm³/mol. The zero-order valence-corrected chi connectivity index (χ0v) is 9.45. The minimum atomic E-state index is -1.25. The van der Waals surface area contributed by atoms with Crippen LogP contribution in [0.3, 0.4) is 0 Å². The summed E-state index contributed by atoms with van der Waals surface area (Å²) in [6, 6.07) is 7.02. The van der Waals surface area contributed by atoms with E-state index in [2.05, 4.69) is 4.99 Å². The van der Waals surface area contributed by atoms with E-state index >= 15 is 0 Å². The quantitative estimate of drug-likeness (QED) is 0.647. The van der Waals surface area contributed by atoms with Crippen LogP contribution in [0.4, 0.5) is 5.69 Å². The second-order valence-corrected chi connectivity index (χ2v) is 3.71. The van der Waals surface area contributed by atoms with Gasteiger partial charge in [-0.15, -0.1) is 0 Å². The number of aliphatic imine (C=N–C) groups is 1. The van der Waals surface area contributed by atoms with Crippen LogP contribution < -0.4 is 0 Å². The van der Waals surface area contributed by atoms with Crippen molar-refractivity contribution in [3.05, 3.63) is 41.5 Å². The molecule has 0 atom stereocenters. The van der Waals surface area contributed by atoms with Gasteiger partial charge in [-0.3, -0.25) is 0 Å². The number of hydrogen-bond acceptors (Lipinski definition) is 4. The molecule has 19 heavy (non-hydrogen) atoms. The average Bonchev–Trinajstić information content (AvgIpc) is 2.37. The monoisotopic (exact) mass is 257 g/mol. The summed E-state index contributed by atoms with van der Waals surface area (Å²) in [6.45, 7) is 0. The van der Waals surface area contributed by atoms with E-state index in [1.807, 2.05) is 0 Å². The Bertz CT molecular complexity index is 744. The fraction of sp³-hybridized carbons (Fsp3) is 0. The van der Waals surface area contributed by atoms with Crippen LogP contribution in [0.5, 0.6) is 0 Å². The Morgan fingerprint density at radius 2 is 1.74 bits per heavy atom. The van der Waals surface area contributed by atoms with Gasteiger partial charge in [0.15, 0.2) is 0 Å². The van der Waals surface area contributed by atoms with E-state index in [0.717, 1.165) is 0 Å². The molecular formula is C13H7NO5. The Morgan fingerprint density at radius 1 is 1.05 bits per heavy atom. The highest BCUT2D eigenvalue weighted by Gasteiger charge is 2.15. The Hall–Kier alpha value is -2.98. The number of carbonyl (C=O) groups excluding carboxylic acids is 1. The van der Waals surface area contributed by atoms with Crippen molar-refractivity contribution in [1.82, 2.24) is 0 Å². The molecule has 0 unspecified atom stereocenters. The maximum Gasteiger partial charge on any atom is 0.337 e. The van der Waals surface area contributed by atoms with Crippen molar-refractivity contribution >= 4 is 34.5 Å². The molecule has 0 radical (unpaired) electrons. The number of carboxylic acids is 2. The first-order valence-electron chi connectivity index (χ1n) is 5.16. The lowest BCUT2D eigenvalue weighted by molar-refractivity contribution is 0.0688. The molecule has 2 aromatic carbocycles. The van der Waals surface area contributed by atoms with Crippen molar-refractivity contribution in [2.24, 2.45) is 4.99 Å². The van der Waals surface area contributed by atoms with E-state index < -0.39 is 11.9 Å². The number of rotatable bonds is 3. The van der Waals surface area contributed by atoms with Gasteiger partial charge in [0.1, 0.15) is 0 Å². The Balaban J connectivity index is 2.89. The molecule has 0 fully saturated rings. The summed E-state index contributed by atoms with van der Waals surface area (Å²) in [5.41, 5.74) is -0.293. The third-order valence-corrected chi connectivity index (χ3v) is 2.62. The number of carbonyl (C=O) groups is 2. The number of isocyanates is 1. The second-order valence-electron chi connectivity index (χ2n) is 3.71. The normalized spacial score (nSPS) is 9.89. The molecule has 6 nitrogen and oxygen atoms in total. The fourth-order valence-corrected chi connectivity index (χ4v) is 1.81. The Kier molecular flexibility index (Phi) is 3.10. The molecule has 94 valence electrons. The van der Waals surface area contributed by atoms with Gasteiger partial charge in [-0.25, -0.2) is 14.4 Å². The summed E-state index contributed by atoms with van der Waals surface area (Å²) in [5.74, 6) is -2.40. The number of benzene rings is 2. The molecule has 0 spiro atoms. The molecule has 0 saturated heterocycles. The van der Waals surface area contributed by atoms with Crippen molar-refractivity contribution in [3.8, 4) is 0 Å². The molecule has 0 aliphatic rings. The lowest BCUT2D eigenvalue weighted by Gasteiger charge is -2.06. The second kappa shape index (κ2) is 4.72. The maximum atomic E-state index is 11.1. The van der Waals surface area contributed by atoms with Crippen LogP contribution in [0.1, 0.15) is 20.7 Å². The molecule has 2 rings (SSSR count). The highest BCUT2D eigenvalue weighted by Crippen LogP contribution is 2.28. The van der Waals surface area contributed by atoms with Crippen molar-refractivity contribution in [1.29, 1.82) is 0 Å². The van der Waals surface area contributed by atoms with E-state index in [-0.39, 0.29) is 16.8 Å². The Labute approximate surface area is 106 Å². The summed E-state index contributed by atoms with van der Waals surface area (Å²) in [6.07, 6.45) is 1.26. The predicted octanol–water partition coefficient (Wildman–Crippen LogP) is 2.20. The topological polar surface area (TPSA) is 104 Å². The standard InChI is InChI=1S/C13H7NO5/c15-6-14-11-5-9-7(4-10(11)13(18)19)2-1-3-8(9)12(16)17/h1-5H,(H,16,17)(H,18,19). The van der Waals surface area contributed by atoms with E-state index in [1.165, 1.54) is 30.3 Å². The van der Waals surface area contributed by atoms with Crippen molar-refractivity contribution < 1.29 is 24.6 Å². The van der Waals surface area contributed by atoms with Gasteiger partial charge in [-0.05, 0) is 29.0 Å². The molecule has 0 aliphatic heterocycles. The average molecular weight is 257 g/mol. The van der Waals surface area contributed by atoms with E-state index in [0.29, 0.717) is 10.8 Å². The number of nitrogens with zero attached hydrogens (tertiary/aromatic N) is 1. The number of fused-ring (bicyclic) bond motifs is 1. The van der Waals surface area contributed by atoms with Crippen molar-refractivity contribution in [2.75, 3.05) is 0 Å². The van der Waals surface area contributed by atoms with Crippen LogP contribution in [0.2, 0.25) is 0 Å². The van der Waals surface area contributed by atoms with E-state index in [9.17, 15) is 14.4 Å². The minimum absolute atomic E-state index is 0.0109. The lowest BCUT2D eigenvalue weighted by Crippen LogP contribution is -2.00. The van der Waals surface area contributed by atoms with Crippen LogP contribution in [0, 0.1) is 0 Å². The van der Waals surface area contributed by atoms with Gasteiger partial charge in [0, 0.05) is 0 Å². The maximum absolute atomic E-state index is 11.1. The van der Waals surface area contributed by atoms with Gasteiger partial charge >= 0.3 is 11.9 Å². The first kappa shape index (κ1) is 12.5. The van der Waals surface area contributed by atoms with Gasteiger partial charge < -0.3 is 10.2 Å². The van der Waals surface area contributed by atoms with Crippen LogP contribution in [0.15, 0.2) is 35.3 Å². The minimum Gasteiger partial charge on any atom is -0.478 e. The third kappa shape index (κ3) is 2.20. The van der Waals surface area contributed by atoms with Gasteiger partial charge in [0.2, 0.25) is 6.08 Å². The van der Waals surface area contributed by atoms with Gasteiger partial charge in [0.05, 0.1) is 16.8 Å². The summed E-state index contributed by atoms with van der Waals surface area (Å²) in [7, 11) is 0. The first-order chi connectivity index (χ1) is 9.04. The molecular weight excluding hydrogens is 250 g/mol. The van der Waals surface area contributed by atoms with Crippen molar-refractivity contribution in [3.63, 3.8) is 0 Å². The SMILES string of the molecule is O=C=Nc1cc2c(C(=O)O)cccc2cc1C(=O)O. The zero-order valence-electron chi connectivity index (χ0n) is 9.45. The highest BCUT2D eigenvalue weighted by atomic mass is 16.4. The van der Waals surface area contributed by atoms with Crippen LogP contribution in [-0.4, -0.2) is 28.2 Å². The zero-order chi connectivity index (χ0) is 14.0. The summed E-state index contributed by atoms with van der Waals surface area (Å²) in [5, 5.41) is 18.8. The van der Waals surface area contributed by atoms with E-state index in [4.69, 9.17) is 10.2 Å². The smallest absolute Gasteiger partial charge is 0.337 e. The van der Waals surface area contributed by atoms with Gasteiger partial charge in [-0.1, -0.05) is 12.1 Å². The lowest BCUT2D eigenvalue weighted by atomic mass is 10.0.